The first-order chi connectivity index (χ1) is 15.2. The second-order valence-corrected chi connectivity index (χ2v) is 6.95. The molecule has 0 aliphatic carbocycles. The number of nitrogens with one attached hydrogen (secondary N) is 1. The van der Waals surface area contributed by atoms with Crippen molar-refractivity contribution in [2.75, 3.05) is 18.2 Å². The number of ether oxygens (including phenoxy) is 2. The summed E-state index contributed by atoms with van der Waals surface area (Å²) >= 11 is 0. The first kappa shape index (κ1) is 20.2. The minimum absolute atomic E-state index is 0.390. The van der Waals surface area contributed by atoms with Gasteiger partial charge in [-0.1, -0.05) is 24.3 Å². The lowest BCUT2D eigenvalue weighted by Gasteiger charge is -2.15. The average Bonchev–Trinajstić information content (AvgIpc) is 2.83. The molecule has 0 aliphatic rings. The molecule has 31 heavy (non-hydrogen) atoms. The van der Waals surface area contributed by atoms with Crippen molar-refractivity contribution in [2.24, 2.45) is 0 Å². The smallest absolute Gasteiger partial charge is 0.146 e. The number of hydrogen-bond donors (Lipinski definition) is 2. The van der Waals surface area contributed by atoms with Gasteiger partial charge in [0.2, 0.25) is 0 Å². The molecule has 0 saturated carbocycles. The number of anilines is 2. The van der Waals surface area contributed by atoms with Crippen LogP contribution in [0, 0.1) is 0 Å². The zero-order valence-electron chi connectivity index (χ0n) is 17.3. The van der Waals surface area contributed by atoms with Crippen LogP contribution in [0.2, 0.25) is 0 Å². The van der Waals surface area contributed by atoms with E-state index in [9.17, 15) is 0 Å². The maximum absolute atomic E-state index is 6.10. The average molecular weight is 412 g/mol. The third kappa shape index (κ3) is 5.11. The summed E-state index contributed by atoms with van der Waals surface area (Å²) < 4.78 is 11.5. The second-order valence-electron chi connectivity index (χ2n) is 6.95. The van der Waals surface area contributed by atoms with E-state index in [2.05, 4.69) is 27.4 Å². The van der Waals surface area contributed by atoms with Gasteiger partial charge in [-0.05, 0) is 59.7 Å². The van der Waals surface area contributed by atoms with Crippen LogP contribution >= 0.6 is 0 Å². The Morgan fingerprint density at radius 1 is 0.871 bits per heavy atom. The number of nitrogens with two attached hydrogens (primary N) is 1. The standard InChI is InChI=1S/C25H24N4O2/c1-30-22-8-4-6-18(15-22)19-10-11-24(31-17-21-7-2-3-12-27-21)20(14-19)16-29-23-9-5-13-28-25(23)26/h2-15,29H,16-17H2,1H3,(H2,26,28). The second kappa shape index (κ2) is 9.63. The number of nitrogen functional groups attached to an aromatic ring is 1. The largest absolute Gasteiger partial charge is 0.497 e. The minimum Gasteiger partial charge on any atom is -0.497 e. The van der Waals surface area contributed by atoms with Crippen molar-refractivity contribution in [1.29, 1.82) is 0 Å². The van der Waals surface area contributed by atoms with E-state index in [-0.39, 0.29) is 0 Å². The van der Waals surface area contributed by atoms with E-state index < -0.39 is 0 Å². The molecule has 0 aliphatic heterocycles. The van der Waals surface area contributed by atoms with E-state index in [1.54, 1.807) is 19.5 Å². The summed E-state index contributed by atoms with van der Waals surface area (Å²) in [6.45, 7) is 0.923. The van der Waals surface area contributed by atoms with Crippen LogP contribution in [0.5, 0.6) is 11.5 Å². The highest BCUT2D eigenvalue weighted by atomic mass is 16.5. The number of aromatic nitrogens is 2. The van der Waals surface area contributed by atoms with Crippen LogP contribution in [0.3, 0.4) is 0 Å². The summed E-state index contributed by atoms with van der Waals surface area (Å²) in [4.78, 5) is 8.47. The van der Waals surface area contributed by atoms with Gasteiger partial charge in [0, 0.05) is 24.5 Å². The van der Waals surface area contributed by atoms with Crippen molar-refractivity contribution < 1.29 is 9.47 Å². The summed E-state index contributed by atoms with van der Waals surface area (Å²) in [5, 5.41) is 3.36. The van der Waals surface area contributed by atoms with Crippen LogP contribution in [0.1, 0.15) is 11.3 Å². The van der Waals surface area contributed by atoms with Gasteiger partial charge in [-0.15, -0.1) is 0 Å². The molecule has 3 N–H and O–H groups in total. The molecular weight excluding hydrogens is 388 g/mol. The number of hydrogen-bond acceptors (Lipinski definition) is 6. The SMILES string of the molecule is COc1cccc(-c2ccc(OCc3ccccn3)c(CNc3cccnc3N)c2)c1. The molecule has 0 radical (unpaired) electrons. The van der Waals surface area contributed by atoms with Crippen molar-refractivity contribution >= 4 is 11.5 Å². The van der Waals surface area contributed by atoms with Crippen molar-refractivity contribution in [3.63, 3.8) is 0 Å². The van der Waals surface area contributed by atoms with Crippen LogP contribution in [-0.2, 0) is 13.2 Å². The van der Waals surface area contributed by atoms with Crippen LogP contribution < -0.4 is 20.5 Å². The zero-order chi connectivity index (χ0) is 21.5. The molecule has 0 bridgehead atoms. The summed E-state index contributed by atoms with van der Waals surface area (Å²) in [7, 11) is 1.67. The predicted octanol–water partition coefficient (Wildman–Crippen LogP) is 4.93. The third-order valence-corrected chi connectivity index (χ3v) is 4.87. The van der Waals surface area contributed by atoms with Gasteiger partial charge in [0.05, 0.1) is 18.5 Å². The first-order valence-electron chi connectivity index (χ1n) is 9.97. The van der Waals surface area contributed by atoms with Crippen molar-refractivity contribution in [3.05, 3.63) is 96.4 Å². The lowest BCUT2D eigenvalue weighted by Crippen LogP contribution is -2.06. The molecule has 0 spiro atoms. The Morgan fingerprint density at radius 3 is 2.55 bits per heavy atom. The van der Waals surface area contributed by atoms with E-state index in [1.165, 1.54) is 0 Å². The van der Waals surface area contributed by atoms with Crippen molar-refractivity contribution in [1.82, 2.24) is 9.97 Å². The Hall–Kier alpha value is -4.06. The number of rotatable bonds is 8. The maximum atomic E-state index is 6.10. The lowest BCUT2D eigenvalue weighted by atomic mass is 10.0. The van der Waals surface area contributed by atoms with Crippen molar-refractivity contribution in [2.45, 2.75) is 13.2 Å². The fourth-order valence-electron chi connectivity index (χ4n) is 3.23. The zero-order valence-corrected chi connectivity index (χ0v) is 17.3. The monoisotopic (exact) mass is 412 g/mol. The first-order valence-corrected chi connectivity index (χ1v) is 9.97. The van der Waals surface area contributed by atoms with Gasteiger partial charge < -0.3 is 20.5 Å². The normalized spacial score (nSPS) is 10.5. The fourth-order valence-corrected chi connectivity index (χ4v) is 3.23. The Kier molecular flexibility index (Phi) is 6.28. The van der Waals surface area contributed by atoms with E-state index >= 15 is 0 Å². The van der Waals surface area contributed by atoms with Gasteiger partial charge in [0.1, 0.15) is 23.9 Å². The highest BCUT2D eigenvalue weighted by molar-refractivity contribution is 5.68. The fraction of sp³-hybridized carbons (Fsp3) is 0.120. The van der Waals surface area contributed by atoms with Gasteiger partial charge in [0.25, 0.3) is 0 Å². The topological polar surface area (TPSA) is 82.3 Å². The predicted molar refractivity (Wildman–Crippen MR) is 123 cm³/mol. The van der Waals surface area contributed by atoms with Crippen LogP contribution in [0.4, 0.5) is 11.5 Å². The molecule has 0 saturated heterocycles. The Morgan fingerprint density at radius 2 is 1.74 bits per heavy atom. The van der Waals surface area contributed by atoms with E-state index in [0.717, 1.165) is 39.6 Å². The molecule has 0 atom stereocenters. The molecule has 4 aromatic rings. The van der Waals surface area contributed by atoms with Gasteiger partial charge >= 0.3 is 0 Å². The van der Waals surface area contributed by atoms with Gasteiger partial charge in [0.15, 0.2) is 0 Å². The lowest BCUT2D eigenvalue weighted by molar-refractivity contribution is 0.298. The quantitative estimate of drug-likeness (QED) is 0.427. The van der Waals surface area contributed by atoms with E-state index in [4.69, 9.17) is 15.2 Å². The number of methoxy groups -OCH3 is 1. The Labute approximate surface area is 181 Å². The van der Waals surface area contributed by atoms with Crippen molar-refractivity contribution in [3.8, 4) is 22.6 Å². The maximum Gasteiger partial charge on any atom is 0.146 e. The molecule has 2 aromatic heterocycles. The summed E-state index contributed by atoms with van der Waals surface area (Å²) in [5.74, 6) is 2.06. The molecule has 4 rings (SSSR count). The summed E-state index contributed by atoms with van der Waals surface area (Å²) in [6, 6.07) is 23.7. The van der Waals surface area contributed by atoms with Gasteiger partial charge in [-0.2, -0.15) is 0 Å². The number of pyridine rings is 2. The molecule has 0 amide bonds. The molecule has 2 aromatic carbocycles. The third-order valence-electron chi connectivity index (χ3n) is 4.87. The Bertz CT molecular complexity index is 1150. The highest BCUT2D eigenvalue weighted by Gasteiger charge is 2.10. The molecule has 0 fully saturated rings. The molecule has 2 heterocycles. The van der Waals surface area contributed by atoms with Crippen LogP contribution in [0.25, 0.3) is 11.1 Å². The van der Waals surface area contributed by atoms with E-state index in [1.807, 2.05) is 60.7 Å². The van der Waals surface area contributed by atoms with Crippen LogP contribution in [-0.4, -0.2) is 17.1 Å². The molecule has 6 heteroatoms. The molecule has 6 nitrogen and oxygen atoms in total. The van der Waals surface area contributed by atoms with E-state index in [0.29, 0.717) is 19.0 Å². The van der Waals surface area contributed by atoms with Crippen LogP contribution in [0.15, 0.2) is 85.2 Å². The molecule has 0 unspecified atom stereocenters. The molecule has 156 valence electrons. The van der Waals surface area contributed by atoms with Gasteiger partial charge in [-0.3, -0.25) is 4.98 Å². The highest BCUT2D eigenvalue weighted by Crippen LogP contribution is 2.30. The summed E-state index contributed by atoms with van der Waals surface area (Å²) in [5.41, 5.74) is 10.8. The number of benzene rings is 2. The minimum atomic E-state index is 0.390. The Balaban J connectivity index is 1.62. The molecular formula is C25H24N4O2. The summed E-state index contributed by atoms with van der Waals surface area (Å²) in [6.07, 6.45) is 3.43. The number of nitrogens with zero attached hydrogens (tertiary/aromatic N) is 2. The van der Waals surface area contributed by atoms with Gasteiger partial charge in [-0.25, -0.2) is 4.98 Å².